The lowest BCUT2D eigenvalue weighted by Gasteiger charge is -2.31. The van der Waals surface area contributed by atoms with Crippen molar-refractivity contribution in [2.45, 2.75) is 39.2 Å². The fraction of sp³-hybridized carbons (Fsp3) is 0.400. The molecule has 2 aromatic rings. The third kappa shape index (κ3) is 5.86. The van der Waals surface area contributed by atoms with Crippen molar-refractivity contribution >= 4 is 22.7 Å². The monoisotopic (exact) mass is 370 g/mol. The van der Waals surface area contributed by atoms with Crippen LogP contribution in [-0.4, -0.2) is 29.2 Å². The average Bonchev–Trinajstić information content (AvgIpc) is 2.70. The Morgan fingerprint density at radius 2 is 1.59 bits per heavy atom. The molecule has 0 aromatic heterocycles. The van der Waals surface area contributed by atoms with Gasteiger partial charge in [0.05, 0.1) is 28.9 Å². The molecule has 0 amide bonds. The zero-order valence-corrected chi connectivity index (χ0v) is 15.8. The molecule has 1 unspecified atom stereocenters. The van der Waals surface area contributed by atoms with E-state index in [2.05, 4.69) is 29.0 Å². The predicted molar refractivity (Wildman–Crippen MR) is 107 cm³/mol. The van der Waals surface area contributed by atoms with Crippen molar-refractivity contribution in [2.24, 2.45) is 10.2 Å². The van der Waals surface area contributed by atoms with Gasteiger partial charge in [0.15, 0.2) is 0 Å². The van der Waals surface area contributed by atoms with Crippen molar-refractivity contribution in [2.75, 3.05) is 18.1 Å². The number of nitrogens with zero attached hydrogens (tertiary/aromatic N) is 4. The summed E-state index contributed by atoms with van der Waals surface area (Å²) in [6.07, 6.45) is 3.15. The van der Waals surface area contributed by atoms with Crippen LogP contribution in [0.1, 0.15) is 33.1 Å². The topological polar surface area (TPSA) is 91.3 Å². The molecule has 7 nitrogen and oxygen atoms in total. The highest BCUT2D eigenvalue weighted by Crippen LogP contribution is 2.25. The Hall–Kier alpha value is -2.80. The largest absolute Gasteiger partial charge is 0.394 e. The van der Waals surface area contributed by atoms with Crippen LogP contribution in [0, 0.1) is 10.1 Å². The molecule has 1 atom stereocenters. The molecule has 0 saturated heterocycles. The highest BCUT2D eigenvalue weighted by Gasteiger charge is 2.16. The summed E-state index contributed by atoms with van der Waals surface area (Å²) in [6.45, 7) is 5.18. The molecular weight excluding hydrogens is 344 g/mol. The van der Waals surface area contributed by atoms with E-state index in [9.17, 15) is 15.2 Å². The number of nitro groups is 1. The Morgan fingerprint density at radius 3 is 2.04 bits per heavy atom. The summed E-state index contributed by atoms with van der Waals surface area (Å²) >= 11 is 0. The molecule has 0 bridgehead atoms. The number of unbranched alkanes of at least 4 members (excludes halogenated alkanes) is 1. The molecule has 0 saturated carbocycles. The number of likely N-dealkylation sites (N-methyl/N-ethyl adjacent to an activating group) is 1. The summed E-state index contributed by atoms with van der Waals surface area (Å²) in [6, 6.07) is 13.8. The van der Waals surface area contributed by atoms with Crippen LogP contribution < -0.4 is 4.90 Å². The van der Waals surface area contributed by atoms with E-state index in [0.717, 1.165) is 31.5 Å². The molecule has 27 heavy (non-hydrogen) atoms. The van der Waals surface area contributed by atoms with Crippen molar-refractivity contribution in [3.8, 4) is 0 Å². The molecule has 1 N–H and O–H groups in total. The quantitative estimate of drug-likeness (QED) is 0.345. The van der Waals surface area contributed by atoms with E-state index in [-0.39, 0.29) is 18.3 Å². The maximum absolute atomic E-state index is 10.7. The Bertz CT molecular complexity index is 745. The summed E-state index contributed by atoms with van der Waals surface area (Å²) < 4.78 is 0. The second-order valence-corrected chi connectivity index (χ2v) is 6.25. The van der Waals surface area contributed by atoms with Crippen LogP contribution in [0.5, 0.6) is 0 Å². The van der Waals surface area contributed by atoms with Gasteiger partial charge in [-0.05, 0) is 49.7 Å². The van der Waals surface area contributed by atoms with E-state index in [1.807, 2.05) is 24.3 Å². The summed E-state index contributed by atoms with van der Waals surface area (Å²) in [5, 5.41) is 28.7. The van der Waals surface area contributed by atoms with E-state index < -0.39 is 4.92 Å². The van der Waals surface area contributed by atoms with Crippen LogP contribution in [0.25, 0.3) is 0 Å². The molecule has 0 heterocycles. The molecule has 0 aliphatic carbocycles. The number of aliphatic hydroxyl groups excluding tert-OH is 1. The van der Waals surface area contributed by atoms with Crippen molar-refractivity contribution in [1.82, 2.24) is 0 Å². The van der Waals surface area contributed by atoms with Crippen LogP contribution in [0.3, 0.4) is 0 Å². The van der Waals surface area contributed by atoms with E-state index in [0.29, 0.717) is 11.4 Å². The van der Waals surface area contributed by atoms with Gasteiger partial charge in [-0.2, -0.15) is 10.2 Å². The number of aliphatic hydroxyl groups is 1. The molecule has 7 heteroatoms. The lowest BCUT2D eigenvalue weighted by Crippen LogP contribution is -2.37. The number of azo groups is 1. The SMILES string of the molecule is CCCCC(CO)N(CC)c1ccc(N=Nc2ccc([N+](=O)[O-])cc2)cc1. The second kappa shape index (κ2) is 10.4. The van der Waals surface area contributed by atoms with Crippen LogP contribution in [0.15, 0.2) is 58.8 Å². The normalized spacial score (nSPS) is 12.3. The second-order valence-electron chi connectivity index (χ2n) is 6.25. The number of nitro benzene ring substituents is 1. The van der Waals surface area contributed by atoms with Gasteiger partial charge in [-0.15, -0.1) is 0 Å². The van der Waals surface area contributed by atoms with Gasteiger partial charge in [-0.25, -0.2) is 0 Å². The fourth-order valence-corrected chi connectivity index (χ4v) is 2.90. The molecule has 0 fully saturated rings. The van der Waals surface area contributed by atoms with Gasteiger partial charge in [0.25, 0.3) is 5.69 Å². The van der Waals surface area contributed by atoms with E-state index >= 15 is 0 Å². The van der Waals surface area contributed by atoms with Crippen LogP contribution in [0.4, 0.5) is 22.7 Å². The number of hydrogen-bond acceptors (Lipinski definition) is 6. The maximum Gasteiger partial charge on any atom is 0.269 e. The van der Waals surface area contributed by atoms with Gasteiger partial charge < -0.3 is 10.0 Å². The number of benzene rings is 2. The maximum atomic E-state index is 10.7. The lowest BCUT2D eigenvalue weighted by molar-refractivity contribution is -0.384. The average molecular weight is 370 g/mol. The molecule has 0 aliphatic rings. The minimum absolute atomic E-state index is 0.0273. The predicted octanol–water partition coefficient (Wildman–Crippen LogP) is 5.39. The smallest absolute Gasteiger partial charge is 0.269 e. The number of rotatable bonds is 10. The first-order valence-electron chi connectivity index (χ1n) is 9.22. The first kappa shape index (κ1) is 20.5. The van der Waals surface area contributed by atoms with Crippen LogP contribution in [-0.2, 0) is 0 Å². The molecule has 2 rings (SSSR count). The lowest BCUT2D eigenvalue weighted by atomic mass is 10.1. The Kier molecular flexibility index (Phi) is 7.88. The van der Waals surface area contributed by atoms with Gasteiger partial charge >= 0.3 is 0 Å². The Labute approximate surface area is 159 Å². The Morgan fingerprint density at radius 1 is 1.04 bits per heavy atom. The van der Waals surface area contributed by atoms with Gasteiger partial charge in [0.2, 0.25) is 0 Å². The molecule has 144 valence electrons. The summed E-state index contributed by atoms with van der Waals surface area (Å²) in [5.74, 6) is 0. The number of non-ortho nitro benzene ring substituents is 1. The zero-order valence-electron chi connectivity index (χ0n) is 15.8. The van der Waals surface area contributed by atoms with Crippen LogP contribution in [0.2, 0.25) is 0 Å². The minimum Gasteiger partial charge on any atom is -0.394 e. The molecule has 0 aliphatic heterocycles. The first-order valence-corrected chi connectivity index (χ1v) is 9.22. The zero-order chi connectivity index (χ0) is 19.6. The highest BCUT2D eigenvalue weighted by atomic mass is 16.6. The third-order valence-corrected chi connectivity index (χ3v) is 4.41. The number of hydrogen-bond donors (Lipinski definition) is 1. The number of anilines is 1. The van der Waals surface area contributed by atoms with Gasteiger partial charge in [-0.3, -0.25) is 10.1 Å². The summed E-state index contributed by atoms with van der Waals surface area (Å²) in [4.78, 5) is 12.4. The summed E-state index contributed by atoms with van der Waals surface area (Å²) in [7, 11) is 0. The molecule has 0 radical (unpaired) electrons. The van der Waals surface area contributed by atoms with Crippen molar-refractivity contribution in [1.29, 1.82) is 0 Å². The first-order chi connectivity index (χ1) is 13.1. The standard InChI is InChI=1S/C20H26N4O3/c1-3-5-6-20(15-25)23(4-2)18-11-7-16(8-12-18)21-22-17-9-13-19(14-10-17)24(26)27/h7-14,20,25H,3-6,15H2,1-2H3. The van der Waals surface area contributed by atoms with Gasteiger partial charge in [0.1, 0.15) is 0 Å². The van der Waals surface area contributed by atoms with E-state index in [1.54, 1.807) is 12.1 Å². The van der Waals surface area contributed by atoms with Crippen molar-refractivity contribution < 1.29 is 10.0 Å². The minimum atomic E-state index is -0.445. The molecular formula is C20H26N4O3. The molecule has 0 spiro atoms. The van der Waals surface area contributed by atoms with Gasteiger partial charge in [-0.1, -0.05) is 19.8 Å². The van der Waals surface area contributed by atoms with Crippen molar-refractivity contribution in [3.63, 3.8) is 0 Å². The van der Waals surface area contributed by atoms with Gasteiger partial charge in [0, 0.05) is 24.4 Å². The van der Waals surface area contributed by atoms with E-state index in [4.69, 9.17) is 0 Å². The fourth-order valence-electron chi connectivity index (χ4n) is 2.90. The summed E-state index contributed by atoms with van der Waals surface area (Å²) in [5.41, 5.74) is 2.32. The Balaban J connectivity index is 2.07. The van der Waals surface area contributed by atoms with Crippen LogP contribution >= 0.6 is 0 Å². The highest BCUT2D eigenvalue weighted by molar-refractivity contribution is 5.53. The molecule has 2 aromatic carbocycles. The van der Waals surface area contributed by atoms with E-state index in [1.165, 1.54) is 12.1 Å². The third-order valence-electron chi connectivity index (χ3n) is 4.41. The van der Waals surface area contributed by atoms with Crippen molar-refractivity contribution in [3.05, 3.63) is 58.6 Å².